The zero-order valence-corrected chi connectivity index (χ0v) is 14.6. The van der Waals surface area contributed by atoms with Crippen LogP contribution in [0, 0.1) is 13.8 Å². The Balaban J connectivity index is 1.99. The molecule has 0 aromatic heterocycles. The highest BCUT2D eigenvalue weighted by Gasteiger charge is 2.09. The van der Waals surface area contributed by atoms with Gasteiger partial charge in [-0.1, -0.05) is 18.2 Å². The molecule has 0 fully saturated rings. The number of rotatable bonds is 6. The number of thioether (sulfide) groups is 1. The summed E-state index contributed by atoms with van der Waals surface area (Å²) in [5.74, 6) is 1.65. The summed E-state index contributed by atoms with van der Waals surface area (Å²) in [6.45, 7) is 3.98. The molecule has 0 saturated carbocycles. The first kappa shape index (κ1) is 17.2. The van der Waals surface area contributed by atoms with Crippen LogP contribution in [-0.4, -0.2) is 25.9 Å². The van der Waals surface area contributed by atoms with Crippen LogP contribution in [0.1, 0.15) is 11.1 Å². The highest BCUT2D eigenvalue weighted by atomic mass is 32.2. The maximum absolute atomic E-state index is 12.2. The van der Waals surface area contributed by atoms with E-state index in [2.05, 4.69) is 5.32 Å². The Morgan fingerprint density at radius 2 is 1.70 bits per heavy atom. The average molecular weight is 331 g/mol. The molecule has 5 heteroatoms. The van der Waals surface area contributed by atoms with Crippen LogP contribution in [0.2, 0.25) is 0 Å². The number of aryl methyl sites for hydroxylation is 2. The third kappa shape index (κ3) is 4.42. The summed E-state index contributed by atoms with van der Waals surface area (Å²) >= 11 is 1.46. The molecule has 0 aliphatic rings. The Kier molecular flexibility index (Phi) is 5.93. The van der Waals surface area contributed by atoms with Crippen molar-refractivity contribution in [2.45, 2.75) is 18.7 Å². The minimum absolute atomic E-state index is 0.0258. The van der Waals surface area contributed by atoms with Gasteiger partial charge in [0.05, 0.1) is 20.0 Å². The monoisotopic (exact) mass is 331 g/mol. The van der Waals surface area contributed by atoms with E-state index >= 15 is 0 Å². The fraction of sp³-hybridized carbons (Fsp3) is 0.278. The number of hydrogen-bond acceptors (Lipinski definition) is 4. The summed E-state index contributed by atoms with van der Waals surface area (Å²) in [5.41, 5.74) is 3.02. The fourth-order valence-electron chi connectivity index (χ4n) is 2.24. The number of methoxy groups -OCH3 is 2. The van der Waals surface area contributed by atoms with Crippen LogP contribution in [-0.2, 0) is 4.79 Å². The normalized spacial score (nSPS) is 10.3. The second kappa shape index (κ2) is 7.92. The second-order valence-corrected chi connectivity index (χ2v) is 6.17. The van der Waals surface area contributed by atoms with E-state index in [-0.39, 0.29) is 5.91 Å². The molecule has 0 aliphatic heterocycles. The van der Waals surface area contributed by atoms with Crippen LogP contribution in [0.25, 0.3) is 0 Å². The third-order valence-electron chi connectivity index (χ3n) is 3.47. The smallest absolute Gasteiger partial charge is 0.234 e. The molecule has 1 amide bonds. The number of para-hydroxylation sites is 1. The lowest BCUT2D eigenvalue weighted by molar-refractivity contribution is -0.113. The molecule has 23 heavy (non-hydrogen) atoms. The molecule has 0 atom stereocenters. The van der Waals surface area contributed by atoms with Crippen molar-refractivity contribution in [2.24, 2.45) is 0 Å². The first-order valence-electron chi connectivity index (χ1n) is 7.26. The van der Waals surface area contributed by atoms with Gasteiger partial charge in [0.2, 0.25) is 5.91 Å². The lowest BCUT2D eigenvalue weighted by atomic mass is 10.1. The van der Waals surface area contributed by atoms with Gasteiger partial charge in [-0.05, 0) is 43.2 Å². The van der Waals surface area contributed by atoms with Crippen LogP contribution in [0.15, 0.2) is 41.3 Å². The van der Waals surface area contributed by atoms with Gasteiger partial charge in [0.15, 0.2) is 11.5 Å². The maximum atomic E-state index is 12.2. The Morgan fingerprint density at radius 1 is 1.04 bits per heavy atom. The minimum atomic E-state index is -0.0258. The van der Waals surface area contributed by atoms with E-state index in [1.807, 2.05) is 50.2 Å². The first-order chi connectivity index (χ1) is 11.0. The fourth-order valence-corrected chi connectivity index (χ4v) is 2.97. The van der Waals surface area contributed by atoms with Crippen LogP contribution < -0.4 is 14.8 Å². The van der Waals surface area contributed by atoms with Crippen LogP contribution in [0.5, 0.6) is 11.5 Å². The average Bonchev–Trinajstić information content (AvgIpc) is 2.56. The SMILES string of the molecule is COc1ccc(SCC(=O)Nc2c(C)cccc2C)cc1OC. The Bertz CT molecular complexity index is 680. The molecule has 0 aliphatic carbocycles. The van der Waals surface area contributed by atoms with E-state index in [4.69, 9.17) is 9.47 Å². The Labute approximate surface area is 141 Å². The molecular formula is C18H21NO3S. The van der Waals surface area contributed by atoms with Crippen molar-refractivity contribution in [3.05, 3.63) is 47.5 Å². The number of nitrogens with one attached hydrogen (secondary N) is 1. The molecular weight excluding hydrogens is 310 g/mol. The molecule has 4 nitrogen and oxygen atoms in total. The van der Waals surface area contributed by atoms with Gasteiger partial charge in [0.1, 0.15) is 0 Å². The van der Waals surface area contributed by atoms with Crippen LogP contribution in [0.4, 0.5) is 5.69 Å². The summed E-state index contributed by atoms with van der Waals surface area (Å²) in [4.78, 5) is 13.1. The molecule has 0 bridgehead atoms. The van der Waals surface area contributed by atoms with Gasteiger partial charge >= 0.3 is 0 Å². The van der Waals surface area contributed by atoms with Crippen molar-refractivity contribution in [3.63, 3.8) is 0 Å². The summed E-state index contributed by atoms with van der Waals surface area (Å²) in [7, 11) is 3.20. The van der Waals surface area contributed by atoms with E-state index in [1.165, 1.54) is 11.8 Å². The van der Waals surface area contributed by atoms with Crippen molar-refractivity contribution in [3.8, 4) is 11.5 Å². The Morgan fingerprint density at radius 3 is 2.30 bits per heavy atom. The zero-order chi connectivity index (χ0) is 16.8. The Hall–Kier alpha value is -2.14. The van der Waals surface area contributed by atoms with Crippen molar-refractivity contribution in [1.29, 1.82) is 0 Å². The second-order valence-electron chi connectivity index (χ2n) is 5.12. The van der Waals surface area contributed by atoms with E-state index in [9.17, 15) is 4.79 Å². The molecule has 0 spiro atoms. The number of carbonyl (C=O) groups is 1. The molecule has 2 aromatic carbocycles. The van der Waals surface area contributed by atoms with Crippen molar-refractivity contribution >= 4 is 23.4 Å². The predicted octanol–water partition coefficient (Wildman–Crippen LogP) is 4.05. The van der Waals surface area contributed by atoms with Crippen molar-refractivity contribution in [1.82, 2.24) is 0 Å². The molecule has 122 valence electrons. The highest BCUT2D eigenvalue weighted by Crippen LogP contribution is 2.32. The van der Waals surface area contributed by atoms with Gasteiger partial charge in [0.25, 0.3) is 0 Å². The van der Waals surface area contributed by atoms with Crippen molar-refractivity contribution < 1.29 is 14.3 Å². The summed E-state index contributed by atoms with van der Waals surface area (Å²) in [6.07, 6.45) is 0. The number of carbonyl (C=O) groups excluding carboxylic acids is 1. The molecule has 2 aromatic rings. The van der Waals surface area contributed by atoms with Gasteiger partial charge < -0.3 is 14.8 Å². The molecule has 0 heterocycles. The molecule has 1 N–H and O–H groups in total. The number of ether oxygens (including phenoxy) is 2. The number of amides is 1. The van der Waals surface area contributed by atoms with Gasteiger partial charge in [-0.25, -0.2) is 0 Å². The molecule has 2 rings (SSSR count). The van der Waals surface area contributed by atoms with E-state index < -0.39 is 0 Å². The molecule has 0 saturated heterocycles. The summed E-state index contributed by atoms with van der Waals surface area (Å²) in [5, 5.41) is 2.98. The third-order valence-corrected chi connectivity index (χ3v) is 4.46. The topological polar surface area (TPSA) is 47.6 Å². The minimum Gasteiger partial charge on any atom is -0.493 e. The number of anilines is 1. The molecule has 0 radical (unpaired) electrons. The van der Waals surface area contributed by atoms with Crippen LogP contribution in [0.3, 0.4) is 0 Å². The summed E-state index contributed by atoms with van der Waals surface area (Å²) in [6, 6.07) is 11.6. The van der Waals surface area contributed by atoms with Crippen LogP contribution >= 0.6 is 11.8 Å². The predicted molar refractivity (Wildman–Crippen MR) is 94.8 cm³/mol. The number of hydrogen-bond donors (Lipinski definition) is 1. The van der Waals surface area contributed by atoms with E-state index in [1.54, 1.807) is 14.2 Å². The van der Waals surface area contributed by atoms with Crippen molar-refractivity contribution in [2.75, 3.05) is 25.3 Å². The quantitative estimate of drug-likeness (QED) is 0.811. The van der Waals surface area contributed by atoms with Gasteiger partial charge in [-0.2, -0.15) is 0 Å². The lowest BCUT2D eigenvalue weighted by Crippen LogP contribution is -2.15. The van der Waals surface area contributed by atoms with Gasteiger partial charge in [0, 0.05) is 10.6 Å². The molecule has 0 unspecified atom stereocenters. The highest BCUT2D eigenvalue weighted by molar-refractivity contribution is 8.00. The van der Waals surface area contributed by atoms with E-state index in [0.29, 0.717) is 17.3 Å². The standard InChI is InChI=1S/C18H21NO3S/c1-12-6-5-7-13(2)18(12)19-17(20)11-23-14-8-9-15(21-3)16(10-14)22-4/h5-10H,11H2,1-4H3,(H,19,20). The number of benzene rings is 2. The van der Waals surface area contributed by atoms with E-state index in [0.717, 1.165) is 21.7 Å². The maximum Gasteiger partial charge on any atom is 0.234 e. The van der Waals surface area contributed by atoms with Gasteiger partial charge in [-0.3, -0.25) is 4.79 Å². The lowest BCUT2D eigenvalue weighted by Gasteiger charge is -2.12. The largest absolute Gasteiger partial charge is 0.493 e. The zero-order valence-electron chi connectivity index (χ0n) is 13.8. The van der Waals surface area contributed by atoms with Gasteiger partial charge in [-0.15, -0.1) is 11.8 Å². The first-order valence-corrected chi connectivity index (χ1v) is 8.24. The summed E-state index contributed by atoms with van der Waals surface area (Å²) < 4.78 is 10.5.